The molecule has 0 radical (unpaired) electrons. The SMILES string of the molecule is CC(C)(CO)NC(=O)C1CC(=O)N(c2cc(F)cc(F)c2)C1. The summed E-state index contributed by atoms with van der Waals surface area (Å²) in [5, 5.41) is 11.8. The third kappa shape index (κ3) is 3.59. The maximum absolute atomic E-state index is 13.2. The van der Waals surface area contributed by atoms with Crippen LogP contribution in [0, 0.1) is 17.6 Å². The molecule has 0 aromatic heterocycles. The Bertz CT molecular complexity index is 584. The number of rotatable bonds is 4. The van der Waals surface area contributed by atoms with Crippen molar-refractivity contribution in [3.63, 3.8) is 0 Å². The monoisotopic (exact) mass is 312 g/mol. The Morgan fingerprint density at radius 2 is 1.95 bits per heavy atom. The number of carbonyl (C=O) groups excluding carboxylic acids is 2. The smallest absolute Gasteiger partial charge is 0.227 e. The fourth-order valence-electron chi connectivity index (χ4n) is 2.30. The van der Waals surface area contributed by atoms with Crippen LogP contribution in [0.25, 0.3) is 0 Å². The molecular formula is C15H18F2N2O3. The quantitative estimate of drug-likeness (QED) is 0.878. The van der Waals surface area contributed by atoms with E-state index in [4.69, 9.17) is 5.11 Å². The highest BCUT2D eigenvalue weighted by atomic mass is 19.1. The van der Waals surface area contributed by atoms with Gasteiger partial charge in [-0.1, -0.05) is 0 Å². The van der Waals surface area contributed by atoms with Crippen molar-refractivity contribution in [3.8, 4) is 0 Å². The Morgan fingerprint density at radius 1 is 1.36 bits per heavy atom. The van der Waals surface area contributed by atoms with Gasteiger partial charge in [-0.05, 0) is 26.0 Å². The van der Waals surface area contributed by atoms with Crippen molar-refractivity contribution in [2.75, 3.05) is 18.1 Å². The third-order valence-electron chi connectivity index (χ3n) is 3.51. The normalized spacial score (nSPS) is 18.7. The Labute approximate surface area is 126 Å². The van der Waals surface area contributed by atoms with Crippen molar-refractivity contribution in [1.29, 1.82) is 0 Å². The first-order chi connectivity index (χ1) is 10.2. The zero-order valence-corrected chi connectivity index (χ0v) is 12.4. The second kappa shape index (κ2) is 6.00. The maximum Gasteiger partial charge on any atom is 0.227 e. The summed E-state index contributed by atoms with van der Waals surface area (Å²) in [6.45, 7) is 3.12. The van der Waals surface area contributed by atoms with Crippen molar-refractivity contribution in [2.45, 2.75) is 25.8 Å². The van der Waals surface area contributed by atoms with Crippen LogP contribution in [0.2, 0.25) is 0 Å². The first-order valence-electron chi connectivity index (χ1n) is 6.91. The van der Waals surface area contributed by atoms with Gasteiger partial charge in [0.05, 0.1) is 18.1 Å². The van der Waals surface area contributed by atoms with E-state index in [0.717, 1.165) is 18.2 Å². The van der Waals surface area contributed by atoms with Gasteiger partial charge in [0.1, 0.15) is 11.6 Å². The van der Waals surface area contributed by atoms with E-state index >= 15 is 0 Å². The zero-order valence-electron chi connectivity index (χ0n) is 12.4. The number of benzene rings is 1. The molecule has 22 heavy (non-hydrogen) atoms. The highest BCUT2D eigenvalue weighted by molar-refractivity contribution is 6.00. The van der Waals surface area contributed by atoms with Gasteiger partial charge in [-0.2, -0.15) is 0 Å². The van der Waals surface area contributed by atoms with E-state index in [9.17, 15) is 18.4 Å². The number of halogens is 2. The molecular weight excluding hydrogens is 294 g/mol. The predicted molar refractivity (Wildman–Crippen MR) is 76.1 cm³/mol. The van der Waals surface area contributed by atoms with E-state index in [1.807, 2.05) is 0 Å². The molecule has 0 saturated carbocycles. The number of nitrogens with zero attached hydrogens (tertiary/aromatic N) is 1. The summed E-state index contributed by atoms with van der Waals surface area (Å²) in [7, 11) is 0. The molecule has 1 aliphatic heterocycles. The van der Waals surface area contributed by atoms with E-state index in [1.165, 1.54) is 4.90 Å². The number of aliphatic hydroxyl groups excluding tert-OH is 1. The average Bonchev–Trinajstić information content (AvgIpc) is 2.79. The Kier molecular flexibility index (Phi) is 4.46. The molecule has 0 bridgehead atoms. The summed E-state index contributed by atoms with van der Waals surface area (Å²) in [6.07, 6.45) is -0.0362. The first kappa shape index (κ1) is 16.4. The van der Waals surface area contributed by atoms with Gasteiger partial charge in [0.25, 0.3) is 0 Å². The largest absolute Gasteiger partial charge is 0.394 e. The van der Waals surface area contributed by atoms with Crippen LogP contribution in [0.5, 0.6) is 0 Å². The van der Waals surface area contributed by atoms with Crippen molar-refractivity contribution in [1.82, 2.24) is 5.32 Å². The van der Waals surface area contributed by atoms with E-state index in [2.05, 4.69) is 5.32 Å². The van der Waals surface area contributed by atoms with Crippen LogP contribution in [0.3, 0.4) is 0 Å². The summed E-state index contributed by atoms with van der Waals surface area (Å²) in [5.74, 6) is -2.92. The maximum atomic E-state index is 13.2. The molecule has 2 rings (SSSR count). The molecule has 1 unspecified atom stereocenters. The zero-order chi connectivity index (χ0) is 16.5. The number of amides is 2. The average molecular weight is 312 g/mol. The van der Waals surface area contributed by atoms with Gasteiger partial charge < -0.3 is 15.3 Å². The second-order valence-electron chi connectivity index (χ2n) is 6.06. The highest BCUT2D eigenvalue weighted by Crippen LogP contribution is 2.27. The fraction of sp³-hybridized carbons (Fsp3) is 0.467. The lowest BCUT2D eigenvalue weighted by atomic mass is 10.0. The minimum Gasteiger partial charge on any atom is -0.394 e. The lowest BCUT2D eigenvalue weighted by Gasteiger charge is -2.25. The van der Waals surface area contributed by atoms with E-state index in [0.29, 0.717) is 0 Å². The summed E-state index contributed by atoms with van der Waals surface area (Å²) in [6, 6.07) is 2.83. The molecule has 1 atom stereocenters. The standard InChI is InChI=1S/C15H18F2N2O3/c1-15(2,8-20)18-14(22)9-3-13(21)19(7-9)12-5-10(16)4-11(17)6-12/h4-6,9,20H,3,7-8H2,1-2H3,(H,18,22). The summed E-state index contributed by atoms with van der Waals surface area (Å²) >= 11 is 0. The van der Waals surface area contributed by atoms with Gasteiger partial charge in [-0.3, -0.25) is 9.59 Å². The molecule has 1 aromatic rings. The molecule has 1 aromatic carbocycles. The van der Waals surface area contributed by atoms with Crippen molar-refractivity contribution in [2.24, 2.45) is 5.92 Å². The number of carbonyl (C=O) groups is 2. The van der Waals surface area contributed by atoms with Crippen LogP contribution in [-0.4, -0.2) is 35.6 Å². The molecule has 120 valence electrons. The van der Waals surface area contributed by atoms with Crippen molar-refractivity contribution >= 4 is 17.5 Å². The molecule has 1 saturated heterocycles. The van der Waals surface area contributed by atoms with E-state index < -0.39 is 23.1 Å². The lowest BCUT2D eigenvalue weighted by Crippen LogP contribution is -2.49. The number of nitrogens with one attached hydrogen (secondary N) is 1. The molecule has 7 heteroatoms. The van der Waals surface area contributed by atoms with Crippen LogP contribution < -0.4 is 10.2 Å². The minimum atomic E-state index is -0.793. The van der Waals surface area contributed by atoms with Crippen LogP contribution in [0.4, 0.5) is 14.5 Å². The summed E-state index contributed by atoms with van der Waals surface area (Å²) in [4.78, 5) is 25.3. The molecule has 1 fully saturated rings. The molecule has 0 spiro atoms. The Balaban J connectivity index is 2.12. The number of aliphatic hydroxyl groups is 1. The molecule has 1 aliphatic rings. The van der Waals surface area contributed by atoms with E-state index in [-0.39, 0.29) is 37.1 Å². The third-order valence-corrected chi connectivity index (χ3v) is 3.51. The van der Waals surface area contributed by atoms with Crippen LogP contribution in [0.15, 0.2) is 18.2 Å². The van der Waals surface area contributed by atoms with Crippen molar-refractivity contribution in [3.05, 3.63) is 29.8 Å². The van der Waals surface area contributed by atoms with Gasteiger partial charge in [0, 0.05) is 24.7 Å². The topological polar surface area (TPSA) is 69.6 Å². The summed E-state index contributed by atoms with van der Waals surface area (Å²) in [5.41, 5.74) is -0.697. The first-order valence-corrected chi connectivity index (χ1v) is 6.91. The fourth-order valence-corrected chi connectivity index (χ4v) is 2.30. The van der Waals surface area contributed by atoms with Gasteiger partial charge in [0.2, 0.25) is 11.8 Å². The van der Waals surface area contributed by atoms with Gasteiger partial charge in [-0.15, -0.1) is 0 Å². The highest BCUT2D eigenvalue weighted by Gasteiger charge is 2.37. The minimum absolute atomic E-state index is 0.0362. The predicted octanol–water partition coefficient (Wildman–Crippen LogP) is 1.20. The van der Waals surface area contributed by atoms with E-state index in [1.54, 1.807) is 13.8 Å². The number of hydrogen-bond donors (Lipinski definition) is 2. The molecule has 2 amide bonds. The number of hydrogen-bond acceptors (Lipinski definition) is 3. The molecule has 2 N–H and O–H groups in total. The molecule has 0 aliphatic carbocycles. The summed E-state index contributed by atoms with van der Waals surface area (Å²) < 4.78 is 26.5. The second-order valence-corrected chi connectivity index (χ2v) is 6.06. The number of anilines is 1. The Morgan fingerprint density at radius 3 is 2.50 bits per heavy atom. The van der Waals surface area contributed by atoms with Gasteiger partial charge in [0.15, 0.2) is 0 Å². The lowest BCUT2D eigenvalue weighted by molar-refractivity contribution is -0.128. The van der Waals surface area contributed by atoms with Gasteiger partial charge >= 0.3 is 0 Å². The molecule has 1 heterocycles. The van der Waals surface area contributed by atoms with Crippen molar-refractivity contribution < 1.29 is 23.5 Å². The molecule has 5 nitrogen and oxygen atoms in total. The van der Waals surface area contributed by atoms with Gasteiger partial charge in [-0.25, -0.2) is 8.78 Å². The van der Waals surface area contributed by atoms with Crippen LogP contribution >= 0.6 is 0 Å². The van der Waals surface area contributed by atoms with Crippen LogP contribution in [0.1, 0.15) is 20.3 Å². The Hall–Kier alpha value is -2.02. The van der Waals surface area contributed by atoms with Crippen LogP contribution in [-0.2, 0) is 9.59 Å².